The Morgan fingerprint density at radius 3 is 2.54 bits per heavy atom. The molecule has 1 atom stereocenters. The number of hydrogen-bond acceptors (Lipinski definition) is 7. The molecule has 11 heteroatoms. The summed E-state index contributed by atoms with van der Waals surface area (Å²) in [6.45, 7) is 6.21. The normalized spacial score (nSPS) is 15.0. The van der Waals surface area contributed by atoms with Gasteiger partial charge in [-0.2, -0.15) is 0 Å². The number of thiazole rings is 1. The van der Waals surface area contributed by atoms with Crippen LogP contribution < -0.4 is 24.4 Å². The highest BCUT2D eigenvalue weighted by Gasteiger charge is 2.35. The van der Waals surface area contributed by atoms with Gasteiger partial charge in [-0.3, -0.25) is 14.2 Å². The average Bonchev–Trinajstić information content (AvgIpc) is 3.21. The van der Waals surface area contributed by atoms with Crippen LogP contribution in [0.15, 0.2) is 68.0 Å². The third-order valence-corrected chi connectivity index (χ3v) is 7.94. The van der Waals surface area contributed by atoms with Gasteiger partial charge in [0.25, 0.3) is 11.5 Å². The standard InChI is InChI=1S/C28H28BrN3O6S/c1-5-31(6-2)27(36)24-16(3)30-28-32(25(24)18-9-7-8-10-20(18)37-4)26(35)22(39-28)14-17-11-12-21(19(29)13-17)38-15-23(33)34/h7-14,25H,5-6,15H2,1-4H3,(H,33,34)/b22-14-/t25-/m1/s1. The first-order valence-corrected chi connectivity index (χ1v) is 13.9. The van der Waals surface area contributed by atoms with Crippen LogP contribution in [0.5, 0.6) is 11.5 Å². The number of halogens is 1. The highest BCUT2D eigenvalue weighted by molar-refractivity contribution is 9.10. The number of likely N-dealkylation sites (N-methyl/N-ethyl adjacent to an activating group) is 1. The Balaban J connectivity index is 1.89. The number of carboxylic acid groups (broad SMARTS) is 1. The van der Waals surface area contributed by atoms with Crippen molar-refractivity contribution >= 4 is 45.2 Å². The molecule has 39 heavy (non-hydrogen) atoms. The minimum atomic E-state index is -1.08. The van der Waals surface area contributed by atoms with Gasteiger partial charge in [-0.15, -0.1) is 0 Å². The van der Waals surface area contributed by atoms with Crippen molar-refractivity contribution in [2.45, 2.75) is 26.8 Å². The van der Waals surface area contributed by atoms with Crippen LogP contribution in [0, 0.1) is 0 Å². The van der Waals surface area contributed by atoms with Crippen molar-refractivity contribution in [3.05, 3.63) is 89.0 Å². The number of carboxylic acids is 1. The summed E-state index contributed by atoms with van der Waals surface area (Å²) in [5.41, 5.74) is 2.11. The van der Waals surface area contributed by atoms with E-state index in [0.29, 0.717) is 60.8 Å². The largest absolute Gasteiger partial charge is 0.496 e. The Kier molecular flexibility index (Phi) is 8.71. The predicted octanol–water partition coefficient (Wildman–Crippen LogP) is 3.34. The Morgan fingerprint density at radius 2 is 1.90 bits per heavy atom. The highest BCUT2D eigenvalue weighted by atomic mass is 79.9. The van der Waals surface area contributed by atoms with E-state index in [9.17, 15) is 14.4 Å². The number of allylic oxidation sites excluding steroid dienone is 1. The minimum absolute atomic E-state index is 0.174. The number of nitrogens with zero attached hydrogens (tertiary/aromatic N) is 3. The molecule has 0 unspecified atom stereocenters. The molecule has 1 aliphatic rings. The molecule has 0 fully saturated rings. The zero-order chi connectivity index (χ0) is 28.3. The quantitative estimate of drug-likeness (QED) is 0.396. The SMILES string of the molecule is CCN(CC)C(=O)C1=C(C)N=c2s/c(=C\c3ccc(OCC(=O)O)c(Br)c3)c(=O)n2[C@@H]1c1ccccc1OC. The fraction of sp³-hybridized carbons (Fsp3) is 0.286. The molecule has 2 heterocycles. The Bertz CT molecular complexity index is 1640. The number of aromatic nitrogens is 1. The molecule has 0 bridgehead atoms. The van der Waals surface area contributed by atoms with Crippen LogP contribution in [-0.4, -0.2) is 53.3 Å². The number of aliphatic carboxylic acids is 1. The van der Waals surface area contributed by atoms with Crippen molar-refractivity contribution in [1.29, 1.82) is 0 Å². The van der Waals surface area contributed by atoms with E-state index < -0.39 is 18.6 Å². The second-order valence-electron chi connectivity index (χ2n) is 8.67. The number of benzene rings is 2. The molecule has 1 aliphatic heterocycles. The third kappa shape index (κ3) is 5.69. The molecule has 0 aliphatic carbocycles. The van der Waals surface area contributed by atoms with Crippen LogP contribution in [-0.2, 0) is 9.59 Å². The summed E-state index contributed by atoms with van der Waals surface area (Å²) >= 11 is 4.64. The van der Waals surface area contributed by atoms with Crippen molar-refractivity contribution < 1.29 is 24.2 Å². The van der Waals surface area contributed by atoms with Crippen molar-refractivity contribution in [3.63, 3.8) is 0 Å². The number of methoxy groups -OCH3 is 1. The van der Waals surface area contributed by atoms with Gasteiger partial charge in [0.1, 0.15) is 17.5 Å². The van der Waals surface area contributed by atoms with Gasteiger partial charge in [0.15, 0.2) is 11.4 Å². The van der Waals surface area contributed by atoms with E-state index in [1.807, 2.05) is 38.1 Å². The lowest BCUT2D eigenvalue weighted by molar-refractivity contribution is -0.139. The lowest BCUT2D eigenvalue weighted by Gasteiger charge is -2.29. The van der Waals surface area contributed by atoms with Gasteiger partial charge in [-0.05, 0) is 66.5 Å². The third-order valence-electron chi connectivity index (χ3n) is 6.34. The van der Waals surface area contributed by atoms with Gasteiger partial charge in [0.2, 0.25) is 0 Å². The molecular formula is C28H28BrN3O6S. The highest BCUT2D eigenvalue weighted by Crippen LogP contribution is 2.36. The summed E-state index contributed by atoms with van der Waals surface area (Å²) in [7, 11) is 1.56. The van der Waals surface area contributed by atoms with E-state index >= 15 is 0 Å². The first-order chi connectivity index (χ1) is 18.7. The monoisotopic (exact) mass is 613 g/mol. The molecule has 9 nitrogen and oxygen atoms in total. The van der Waals surface area contributed by atoms with Crippen LogP contribution in [0.3, 0.4) is 0 Å². The van der Waals surface area contributed by atoms with Crippen LogP contribution in [0.25, 0.3) is 6.08 Å². The lowest BCUT2D eigenvalue weighted by atomic mass is 9.94. The molecule has 0 saturated carbocycles. The molecule has 0 radical (unpaired) electrons. The summed E-state index contributed by atoms with van der Waals surface area (Å²) in [5, 5.41) is 8.87. The lowest BCUT2D eigenvalue weighted by Crippen LogP contribution is -2.43. The summed E-state index contributed by atoms with van der Waals surface area (Å²) < 4.78 is 13.5. The molecule has 2 aromatic carbocycles. The van der Waals surface area contributed by atoms with E-state index in [1.54, 1.807) is 47.8 Å². The smallest absolute Gasteiger partial charge is 0.341 e. The van der Waals surface area contributed by atoms with Crippen molar-refractivity contribution in [2.24, 2.45) is 4.99 Å². The number of fused-ring (bicyclic) bond motifs is 1. The van der Waals surface area contributed by atoms with E-state index in [-0.39, 0.29) is 11.5 Å². The van der Waals surface area contributed by atoms with E-state index in [1.165, 1.54) is 11.3 Å². The van der Waals surface area contributed by atoms with Gasteiger partial charge in [0.05, 0.1) is 27.4 Å². The number of carbonyl (C=O) groups is 2. The fourth-order valence-corrected chi connectivity index (χ4v) is 6.04. The predicted molar refractivity (Wildman–Crippen MR) is 152 cm³/mol. The van der Waals surface area contributed by atoms with Gasteiger partial charge < -0.3 is 19.5 Å². The first-order valence-electron chi connectivity index (χ1n) is 12.3. The van der Waals surface area contributed by atoms with Crippen LogP contribution in [0.1, 0.15) is 37.9 Å². The molecule has 1 aromatic heterocycles. The Morgan fingerprint density at radius 1 is 1.18 bits per heavy atom. The molecule has 0 spiro atoms. The number of amides is 1. The van der Waals surface area contributed by atoms with Gasteiger partial charge in [-0.1, -0.05) is 35.6 Å². The van der Waals surface area contributed by atoms with Crippen molar-refractivity contribution in [3.8, 4) is 11.5 Å². The minimum Gasteiger partial charge on any atom is -0.496 e. The average molecular weight is 615 g/mol. The molecule has 204 valence electrons. The fourth-order valence-electron chi connectivity index (χ4n) is 4.48. The zero-order valence-electron chi connectivity index (χ0n) is 21.9. The Labute approximate surface area is 237 Å². The van der Waals surface area contributed by atoms with Crippen LogP contribution >= 0.6 is 27.3 Å². The molecule has 1 N–H and O–H groups in total. The van der Waals surface area contributed by atoms with Crippen molar-refractivity contribution in [1.82, 2.24) is 9.47 Å². The summed E-state index contributed by atoms with van der Waals surface area (Å²) in [4.78, 5) is 45.4. The Hall–Kier alpha value is -3.70. The van der Waals surface area contributed by atoms with Crippen LogP contribution in [0.2, 0.25) is 0 Å². The number of hydrogen-bond donors (Lipinski definition) is 1. The van der Waals surface area contributed by atoms with E-state index in [0.717, 1.165) is 0 Å². The van der Waals surface area contributed by atoms with Gasteiger partial charge >= 0.3 is 5.97 Å². The maximum Gasteiger partial charge on any atom is 0.341 e. The maximum atomic E-state index is 13.9. The second-order valence-corrected chi connectivity index (χ2v) is 10.5. The molecule has 4 rings (SSSR count). The summed E-state index contributed by atoms with van der Waals surface area (Å²) in [6, 6.07) is 11.8. The van der Waals surface area contributed by atoms with Crippen LogP contribution in [0.4, 0.5) is 0 Å². The summed E-state index contributed by atoms with van der Waals surface area (Å²) in [6.07, 6.45) is 1.74. The molecule has 0 saturated heterocycles. The number of ether oxygens (including phenoxy) is 2. The molecule has 3 aromatic rings. The maximum absolute atomic E-state index is 13.9. The second kappa shape index (κ2) is 12.0. The van der Waals surface area contributed by atoms with E-state index in [2.05, 4.69) is 15.9 Å². The topological polar surface area (TPSA) is 110 Å². The summed E-state index contributed by atoms with van der Waals surface area (Å²) in [5.74, 6) is -0.307. The molecular weight excluding hydrogens is 586 g/mol. The number of carbonyl (C=O) groups excluding carboxylic acids is 1. The molecule has 1 amide bonds. The number of para-hydroxylation sites is 1. The van der Waals surface area contributed by atoms with Gasteiger partial charge in [0, 0.05) is 18.7 Å². The van der Waals surface area contributed by atoms with E-state index in [4.69, 9.17) is 19.6 Å². The number of rotatable bonds is 9. The van der Waals surface area contributed by atoms with Crippen molar-refractivity contribution in [2.75, 3.05) is 26.8 Å². The first kappa shape index (κ1) is 28.3. The van der Waals surface area contributed by atoms with Gasteiger partial charge in [-0.25, -0.2) is 9.79 Å². The zero-order valence-corrected chi connectivity index (χ0v) is 24.3.